The molecule has 5 heteroatoms. The van der Waals surface area contributed by atoms with Crippen molar-refractivity contribution in [3.8, 4) is 0 Å². The van der Waals surface area contributed by atoms with Gasteiger partial charge in [0.05, 0.1) is 11.4 Å². The molecule has 102 valence electrons. The normalized spacial score (nSPS) is 20.6. The molecule has 3 rings (SSSR count). The minimum absolute atomic E-state index is 0.370. The van der Waals surface area contributed by atoms with E-state index in [0.717, 1.165) is 12.2 Å². The summed E-state index contributed by atoms with van der Waals surface area (Å²) in [4.78, 5) is 0. The summed E-state index contributed by atoms with van der Waals surface area (Å²) in [6.45, 7) is 10.2. The van der Waals surface area contributed by atoms with Crippen LogP contribution < -0.4 is 11.1 Å². The van der Waals surface area contributed by atoms with Crippen LogP contribution in [0.1, 0.15) is 27.7 Å². The van der Waals surface area contributed by atoms with Gasteiger partial charge in [-0.2, -0.15) is 0 Å². The lowest BCUT2D eigenvalue weighted by molar-refractivity contribution is 0.315. The Morgan fingerprint density at radius 2 is 1.79 bits per heavy atom. The number of nitrogens with one attached hydrogen (secondary N) is 1. The van der Waals surface area contributed by atoms with Gasteiger partial charge in [0.1, 0.15) is 0 Å². The van der Waals surface area contributed by atoms with Crippen molar-refractivity contribution in [2.75, 3.05) is 17.6 Å². The fourth-order valence-electron chi connectivity index (χ4n) is 3.08. The summed E-state index contributed by atoms with van der Waals surface area (Å²) in [6.07, 6.45) is 0. The second kappa shape index (κ2) is 3.62. The van der Waals surface area contributed by atoms with Crippen LogP contribution in [0.25, 0.3) is 11.0 Å². The largest absolute Gasteiger partial charge is 0.397 e. The van der Waals surface area contributed by atoms with E-state index in [1.54, 1.807) is 0 Å². The molecule has 0 spiro atoms. The van der Waals surface area contributed by atoms with E-state index in [0.29, 0.717) is 33.5 Å². The molecule has 1 saturated carbocycles. The van der Waals surface area contributed by atoms with Crippen LogP contribution in [0, 0.1) is 16.7 Å². The zero-order valence-electron chi connectivity index (χ0n) is 11.8. The molecule has 19 heavy (non-hydrogen) atoms. The zero-order chi connectivity index (χ0) is 13.8. The minimum Gasteiger partial charge on any atom is -0.397 e. The van der Waals surface area contributed by atoms with Crippen molar-refractivity contribution in [1.82, 2.24) is 10.3 Å². The van der Waals surface area contributed by atoms with Crippen LogP contribution in [-0.4, -0.2) is 16.9 Å². The minimum atomic E-state index is 0.370. The first-order chi connectivity index (χ1) is 8.85. The van der Waals surface area contributed by atoms with Crippen LogP contribution in [0.2, 0.25) is 0 Å². The van der Waals surface area contributed by atoms with Crippen LogP contribution in [0.15, 0.2) is 16.8 Å². The smallest absolute Gasteiger partial charge is 0.160 e. The molecule has 0 amide bonds. The lowest BCUT2D eigenvalue weighted by Gasteiger charge is -2.08. The Hall–Kier alpha value is -1.78. The number of nitrogens with two attached hydrogens (primary N) is 1. The topological polar surface area (TPSA) is 77.0 Å². The van der Waals surface area contributed by atoms with Crippen LogP contribution in [-0.2, 0) is 0 Å². The first-order valence-corrected chi connectivity index (χ1v) is 6.60. The molecule has 5 nitrogen and oxygen atoms in total. The molecule has 0 atom stereocenters. The highest BCUT2D eigenvalue weighted by atomic mass is 16.6. The van der Waals surface area contributed by atoms with E-state index in [1.165, 1.54) is 0 Å². The molecule has 0 bridgehead atoms. The molecule has 0 unspecified atom stereocenters. The molecule has 3 N–H and O–H groups in total. The van der Waals surface area contributed by atoms with E-state index in [9.17, 15) is 0 Å². The van der Waals surface area contributed by atoms with E-state index >= 15 is 0 Å². The third-order valence-corrected chi connectivity index (χ3v) is 5.26. The Bertz CT molecular complexity index is 615. The number of benzene rings is 1. The highest BCUT2D eigenvalue weighted by Gasteiger charge is 2.64. The van der Waals surface area contributed by atoms with E-state index in [-0.39, 0.29) is 0 Å². The molecule has 1 aliphatic carbocycles. The summed E-state index contributed by atoms with van der Waals surface area (Å²) >= 11 is 0. The Morgan fingerprint density at radius 3 is 2.42 bits per heavy atom. The number of nitrogens with zero attached hydrogens (tertiary/aromatic N) is 2. The fraction of sp³-hybridized carbons (Fsp3) is 0.571. The van der Waals surface area contributed by atoms with Crippen LogP contribution in [0.3, 0.4) is 0 Å². The number of rotatable bonds is 3. The van der Waals surface area contributed by atoms with Crippen molar-refractivity contribution < 1.29 is 4.63 Å². The molecule has 0 saturated heterocycles. The molecule has 1 fully saturated rings. The number of anilines is 2. The average molecular weight is 260 g/mol. The van der Waals surface area contributed by atoms with Gasteiger partial charge in [-0.05, 0) is 39.2 Å². The monoisotopic (exact) mass is 260 g/mol. The predicted molar refractivity (Wildman–Crippen MR) is 75.8 cm³/mol. The van der Waals surface area contributed by atoms with Crippen molar-refractivity contribution in [1.29, 1.82) is 0 Å². The second-order valence-corrected chi connectivity index (χ2v) is 6.54. The van der Waals surface area contributed by atoms with Gasteiger partial charge in [-0.15, -0.1) is 0 Å². The quantitative estimate of drug-likeness (QED) is 0.830. The van der Waals surface area contributed by atoms with Gasteiger partial charge >= 0.3 is 0 Å². The van der Waals surface area contributed by atoms with Gasteiger partial charge in [0.15, 0.2) is 11.0 Å². The summed E-state index contributed by atoms with van der Waals surface area (Å²) in [7, 11) is 0. The zero-order valence-corrected chi connectivity index (χ0v) is 11.8. The maximum atomic E-state index is 5.83. The lowest BCUT2D eigenvalue weighted by atomic mass is 10.0. The maximum absolute atomic E-state index is 5.83. The number of hydrogen-bond acceptors (Lipinski definition) is 5. The maximum Gasteiger partial charge on any atom is 0.160 e. The van der Waals surface area contributed by atoms with Crippen molar-refractivity contribution in [3.63, 3.8) is 0 Å². The second-order valence-electron chi connectivity index (χ2n) is 6.54. The summed E-state index contributed by atoms with van der Waals surface area (Å²) in [5.41, 5.74) is 9.43. The van der Waals surface area contributed by atoms with Gasteiger partial charge in [0, 0.05) is 6.54 Å². The van der Waals surface area contributed by atoms with Crippen LogP contribution in [0.5, 0.6) is 0 Å². The summed E-state index contributed by atoms with van der Waals surface area (Å²) in [6, 6.07) is 3.77. The molecule has 1 aliphatic rings. The van der Waals surface area contributed by atoms with Crippen LogP contribution in [0.4, 0.5) is 11.4 Å². The lowest BCUT2D eigenvalue weighted by Crippen LogP contribution is -2.08. The van der Waals surface area contributed by atoms with E-state index in [1.807, 2.05) is 12.1 Å². The van der Waals surface area contributed by atoms with Gasteiger partial charge in [0.2, 0.25) is 0 Å². The SMILES string of the molecule is CC1(C)C(CNc2ccc(N)c3nonc23)C1(C)C. The van der Waals surface area contributed by atoms with Gasteiger partial charge < -0.3 is 11.1 Å². The van der Waals surface area contributed by atoms with Crippen LogP contribution >= 0.6 is 0 Å². The highest BCUT2D eigenvalue weighted by molar-refractivity contribution is 5.94. The Kier molecular flexibility index (Phi) is 2.34. The first kappa shape index (κ1) is 12.3. The predicted octanol–water partition coefficient (Wildman–Crippen LogP) is 2.90. The van der Waals surface area contributed by atoms with Gasteiger partial charge in [-0.1, -0.05) is 27.7 Å². The molecule has 1 aromatic heterocycles. The number of nitrogen functional groups attached to an aromatic ring is 1. The van der Waals surface area contributed by atoms with Crippen molar-refractivity contribution in [2.45, 2.75) is 27.7 Å². The highest BCUT2D eigenvalue weighted by Crippen LogP contribution is 2.68. The number of aromatic nitrogens is 2. The molecule has 1 aromatic carbocycles. The summed E-state index contributed by atoms with van der Waals surface area (Å²) < 4.78 is 4.77. The average Bonchev–Trinajstić information content (AvgIpc) is 2.75. The van der Waals surface area contributed by atoms with Crippen molar-refractivity contribution >= 4 is 22.4 Å². The van der Waals surface area contributed by atoms with E-state index in [2.05, 4.69) is 43.3 Å². The number of fused-ring (bicyclic) bond motifs is 1. The third-order valence-electron chi connectivity index (χ3n) is 5.26. The molecule has 0 radical (unpaired) electrons. The molecule has 0 aliphatic heterocycles. The van der Waals surface area contributed by atoms with Crippen molar-refractivity contribution in [3.05, 3.63) is 12.1 Å². The molecule has 2 aromatic rings. The van der Waals surface area contributed by atoms with Crippen molar-refractivity contribution in [2.24, 2.45) is 16.7 Å². The van der Waals surface area contributed by atoms with E-state index in [4.69, 9.17) is 10.4 Å². The van der Waals surface area contributed by atoms with E-state index < -0.39 is 0 Å². The van der Waals surface area contributed by atoms with Gasteiger partial charge in [-0.25, -0.2) is 4.63 Å². The Labute approximate surface area is 112 Å². The standard InChI is InChI=1S/C14H20N4O/c1-13(2)10(14(13,3)4)7-16-9-6-5-8(15)11-12(9)18-19-17-11/h5-6,10,16H,7,15H2,1-4H3. The van der Waals surface area contributed by atoms with Gasteiger partial charge in [0.25, 0.3) is 0 Å². The molecular formula is C14H20N4O. The van der Waals surface area contributed by atoms with Gasteiger partial charge in [-0.3, -0.25) is 0 Å². The third kappa shape index (κ3) is 1.60. The molecule has 1 heterocycles. The summed E-state index contributed by atoms with van der Waals surface area (Å²) in [5, 5.41) is 11.2. The Balaban J connectivity index is 1.81. The Morgan fingerprint density at radius 1 is 1.16 bits per heavy atom. The fourth-order valence-corrected chi connectivity index (χ4v) is 3.08. The molecular weight excluding hydrogens is 240 g/mol. The first-order valence-electron chi connectivity index (χ1n) is 6.60. The number of hydrogen-bond donors (Lipinski definition) is 2. The summed E-state index contributed by atoms with van der Waals surface area (Å²) in [5.74, 6) is 0.646.